The number of nitrogens with zero attached hydrogens (tertiary/aromatic N) is 2. The van der Waals surface area contributed by atoms with E-state index in [1.165, 1.54) is 35.5 Å². The van der Waals surface area contributed by atoms with Gasteiger partial charge in [-0.25, -0.2) is 5.01 Å². The Kier molecular flexibility index (Phi) is 6.25. The van der Waals surface area contributed by atoms with E-state index in [2.05, 4.69) is 15.2 Å². The minimum Gasteiger partial charge on any atom is -0.497 e. The molecule has 0 fully saturated rings. The first-order valence-corrected chi connectivity index (χ1v) is 10.00. The monoisotopic (exact) mass is 459 g/mol. The minimum atomic E-state index is -4.85. The molecule has 1 N–H and O–H groups in total. The summed E-state index contributed by atoms with van der Waals surface area (Å²) in [5, 5.41) is 8.50. The Bertz CT molecular complexity index is 1130. The second kappa shape index (κ2) is 9.27. The van der Waals surface area contributed by atoms with Gasteiger partial charge in [0.15, 0.2) is 5.75 Å². The van der Waals surface area contributed by atoms with Crippen LogP contribution in [-0.4, -0.2) is 36.6 Å². The van der Waals surface area contributed by atoms with Crippen LogP contribution in [0.15, 0.2) is 76.4 Å². The van der Waals surface area contributed by atoms with E-state index in [-0.39, 0.29) is 12.2 Å². The lowest BCUT2D eigenvalue weighted by Crippen LogP contribution is -2.32. The zero-order valence-electron chi connectivity index (χ0n) is 17.5. The third-order valence-corrected chi connectivity index (χ3v) is 5.00. The summed E-state index contributed by atoms with van der Waals surface area (Å²) in [7, 11) is 1.57. The molecule has 0 saturated heterocycles. The van der Waals surface area contributed by atoms with Crippen molar-refractivity contribution in [1.29, 1.82) is 0 Å². The van der Waals surface area contributed by atoms with Crippen molar-refractivity contribution < 1.29 is 31.9 Å². The van der Waals surface area contributed by atoms with Crippen LogP contribution in [0, 0.1) is 0 Å². The van der Waals surface area contributed by atoms with Gasteiger partial charge in [-0.05, 0) is 54.1 Å². The molecule has 10 heteroatoms. The van der Waals surface area contributed by atoms with Crippen LogP contribution in [0.1, 0.15) is 23.8 Å². The number of rotatable bonds is 7. The van der Waals surface area contributed by atoms with Gasteiger partial charge in [-0.15, -0.1) is 13.2 Å². The molecule has 0 bridgehead atoms. The van der Waals surface area contributed by atoms with Crippen LogP contribution in [0.4, 0.5) is 18.9 Å². The van der Waals surface area contributed by atoms with Crippen molar-refractivity contribution in [3.8, 4) is 11.5 Å². The van der Waals surface area contributed by atoms with Crippen LogP contribution in [0.2, 0.25) is 0 Å². The molecular weight excluding hydrogens is 439 g/mol. The number of alkyl halides is 3. The Labute approximate surface area is 187 Å². The van der Waals surface area contributed by atoms with Gasteiger partial charge >= 0.3 is 6.36 Å². The molecule has 1 aromatic heterocycles. The lowest BCUT2D eigenvalue weighted by atomic mass is 10.0. The lowest BCUT2D eigenvalue weighted by Gasteiger charge is -2.21. The number of furan rings is 1. The summed E-state index contributed by atoms with van der Waals surface area (Å²) in [5.41, 5.74) is 1.53. The number of ether oxygens (including phenoxy) is 2. The van der Waals surface area contributed by atoms with E-state index in [1.807, 2.05) is 12.1 Å². The van der Waals surface area contributed by atoms with Gasteiger partial charge in [0.2, 0.25) is 0 Å². The van der Waals surface area contributed by atoms with Gasteiger partial charge < -0.3 is 19.2 Å². The van der Waals surface area contributed by atoms with Gasteiger partial charge in [0.1, 0.15) is 17.6 Å². The fraction of sp³-hybridized carbons (Fsp3) is 0.217. The van der Waals surface area contributed by atoms with Gasteiger partial charge in [-0.2, -0.15) is 5.10 Å². The molecule has 1 aliphatic rings. The molecule has 4 rings (SSSR count). The second-order valence-corrected chi connectivity index (χ2v) is 7.15. The Morgan fingerprint density at radius 1 is 1.15 bits per heavy atom. The second-order valence-electron chi connectivity index (χ2n) is 7.15. The van der Waals surface area contributed by atoms with E-state index in [0.29, 0.717) is 23.6 Å². The number of hydrogen-bond acceptors (Lipinski definition) is 6. The Balaban J connectivity index is 1.53. The number of amides is 1. The maximum absolute atomic E-state index is 13.0. The van der Waals surface area contributed by atoms with Crippen molar-refractivity contribution in [3.05, 3.63) is 78.3 Å². The number of benzene rings is 2. The molecule has 0 radical (unpaired) electrons. The van der Waals surface area contributed by atoms with Gasteiger partial charge in [-0.3, -0.25) is 4.79 Å². The molecule has 33 heavy (non-hydrogen) atoms. The molecule has 1 aliphatic heterocycles. The molecule has 1 unspecified atom stereocenters. The molecule has 0 aliphatic carbocycles. The van der Waals surface area contributed by atoms with Crippen LogP contribution in [-0.2, 0) is 4.79 Å². The van der Waals surface area contributed by atoms with Gasteiger partial charge in [0.25, 0.3) is 5.91 Å². The molecule has 3 aromatic rings. The number of para-hydroxylation sites is 2. The maximum atomic E-state index is 13.0. The standard InChI is InChI=1S/C23H20F3N3O4/c1-31-16-10-8-15(9-11-16)18-13-19(21-7-4-12-32-21)29(28-18)22(30)14-27-17-5-2-3-6-20(17)33-23(24,25)26/h2-12,19,27H,13-14H2,1H3. The first kappa shape index (κ1) is 22.3. The van der Waals surface area contributed by atoms with E-state index < -0.39 is 24.1 Å². The zero-order chi connectivity index (χ0) is 23.4. The molecule has 2 heterocycles. The molecule has 0 spiro atoms. The van der Waals surface area contributed by atoms with Crippen LogP contribution in [0.5, 0.6) is 11.5 Å². The number of anilines is 1. The summed E-state index contributed by atoms with van der Waals surface area (Å²) in [6.07, 6.45) is -2.93. The predicted octanol–water partition coefficient (Wildman–Crippen LogP) is 4.98. The third kappa shape index (κ3) is 5.28. The van der Waals surface area contributed by atoms with Crippen molar-refractivity contribution in [2.75, 3.05) is 19.0 Å². The molecular formula is C23H20F3N3O4. The highest BCUT2D eigenvalue weighted by molar-refractivity contribution is 6.03. The third-order valence-electron chi connectivity index (χ3n) is 5.00. The highest BCUT2D eigenvalue weighted by atomic mass is 19.4. The summed E-state index contributed by atoms with van der Waals surface area (Å²) >= 11 is 0. The fourth-order valence-electron chi connectivity index (χ4n) is 3.48. The van der Waals surface area contributed by atoms with Crippen molar-refractivity contribution >= 4 is 17.3 Å². The number of hydrazone groups is 1. The summed E-state index contributed by atoms with van der Waals surface area (Å²) in [4.78, 5) is 13.0. The van der Waals surface area contributed by atoms with Crippen molar-refractivity contribution in [1.82, 2.24) is 5.01 Å². The number of hydrogen-bond donors (Lipinski definition) is 1. The SMILES string of the molecule is COc1ccc(C2=NN(C(=O)CNc3ccccc3OC(F)(F)F)C(c3ccco3)C2)cc1. The van der Waals surface area contributed by atoms with Crippen LogP contribution in [0.3, 0.4) is 0 Å². The largest absolute Gasteiger partial charge is 0.573 e. The van der Waals surface area contributed by atoms with E-state index in [1.54, 1.807) is 31.4 Å². The summed E-state index contributed by atoms with van der Waals surface area (Å²) in [5.74, 6) is 0.374. The number of methoxy groups -OCH3 is 1. The van der Waals surface area contributed by atoms with E-state index in [0.717, 1.165) is 5.56 Å². The highest BCUT2D eigenvalue weighted by Gasteiger charge is 2.35. The Morgan fingerprint density at radius 3 is 2.58 bits per heavy atom. The van der Waals surface area contributed by atoms with Crippen molar-refractivity contribution in [2.24, 2.45) is 5.10 Å². The quantitative estimate of drug-likeness (QED) is 0.540. The topological polar surface area (TPSA) is 76.3 Å². The van der Waals surface area contributed by atoms with E-state index in [9.17, 15) is 18.0 Å². The molecule has 2 aromatic carbocycles. The number of carbonyl (C=O) groups is 1. The van der Waals surface area contributed by atoms with E-state index >= 15 is 0 Å². The van der Waals surface area contributed by atoms with Crippen molar-refractivity contribution in [3.63, 3.8) is 0 Å². The van der Waals surface area contributed by atoms with Gasteiger partial charge in [-0.1, -0.05) is 12.1 Å². The van der Waals surface area contributed by atoms with Gasteiger partial charge in [0.05, 0.1) is 31.3 Å². The Morgan fingerprint density at radius 2 is 1.91 bits per heavy atom. The number of halogens is 3. The Hall–Kier alpha value is -3.95. The molecule has 172 valence electrons. The minimum absolute atomic E-state index is 0.0382. The fourth-order valence-corrected chi connectivity index (χ4v) is 3.48. The average molecular weight is 459 g/mol. The van der Waals surface area contributed by atoms with E-state index in [4.69, 9.17) is 9.15 Å². The number of carbonyl (C=O) groups excluding carboxylic acids is 1. The maximum Gasteiger partial charge on any atom is 0.573 e. The zero-order valence-corrected chi connectivity index (χ0v) is 17.5. The first-order valence-electron chi connectivity index (χ1n) is 10.00. The van der Waals surface area contributed by atoms with Crippen LogP contribution in [0.25, 0.3) is 0 Å². The first-order chi connectivity index (χ1) is 15.8. The molecule has 1 amide bonds. The molecule has 0 saturated carbocycles. The smallest absolute Gasteiger partial charge is 0.497 e. The lowest BCUT2D eigenvalue weighted by molar-refractivity contribution is -0.274. The highest BCUT2D eigenvalue weighted by Crippen LogP contribution is 2.34. The molecule has 1 atom stereocenters. The molecule has 7 nitrogen and oxygen atoms in total. The number of nitrogens with one attached hydrogen (secondary N) is 1. The van der Waals surface area contributed by atoms with Crippen molar-refractivity contribution in [2.45, 2.75) is 18.8 Å². The predicted molar refractivity (Wildman–Crippen MR) is 114 cm³/mol. The van der Waals surface area contributed by atoms with Crippen LogP contribution >= 0.6 is 0 Å². The summed E-state index contributed by atoms with van der Waals surface area (Å²) in [6.45, 7) is -0.297. The summed E-state index contributed by atoms with van der Waals surface area (Å²) in [6, 6.07) is 15.8. The normalized spacial score (nSPS) is 15.8. The summed E-state index contributed by atoms with van der Waals surface area (Å²) < 4.78 is 52.7. The van der Waals surface area contributed by atoms with Gasteiger partial charge in [0, 0.05) is 6.42 Å². The average Bonchev–Trinajstić information content (AvgIpc) is 3.47. The van der Waals surface area contributed by atoms with Crippen LogP contribution < -0.4 is 14.8 Å².